The van der Waals surface area contributed by atoms with Crippen LogP contribution < -0.4 is 5.32 Å². The molecule has 0 aliphatic heterocycles. The summed E-state index contributed by atoms with van der Waals surface area (Å²) in [5, 5.41) is 13.0. The molecule has 1 heterocycles. The predicted octanol–water partition coefficient (Wildman–Crippen LogP) is 2.15. The van der Waals surface area contributed by atoms with E-state index in [1.54, 1.807) is 12.1 Å². The second-order valence-corrected chi connectivity index (χ2v) is 5.24. The zero-order chi connectivity index (χ0) is 14.1. The van der Waals surface area contributed by atoms with Gasteiger partial charge in [-0.15, -0.1) is 0 Å². The lowest BCUT2D eigenvalue weighted by Gasteiger charge is -2.17. The molecule has 1 amide bonds. The molecule has 0 bridgehead atoms. The lowest BCUT2D eigenvalue weighted by atomic mass is 10.0. The number of fused-ring (bicyclic) bond motifs is 1. The smallest absolute Gasteiger partial charge is 0.308 e. The van der Waals surface area contributed by atoms with Gasteiger partial charge in [-0.05, 0) is 36.4 Å². The van der Waals surface area contributed by atoms with Crippen molar-refractivity contribution in [3.05, 3.63) is 36.0 Å². The van der Waals surface area contributed by atoms with Gasteiger partial charge in [0.05, 0.1) is 5.92 Å². The third-order valence-corrected chi connectivity index (χ3v) is 3.97. The molecule has 2 atom stereocenters. The third-order valence-electron chi connectivity index (χ3n) is 3.97. The van der Waals surface area contributed by atoms with Crippen molar-refractivity contribution in [2.24, 2.45) is 5.92 Å². The average molecular weight is 272 g/mol. The maximum absolute atomic E-state index is 12.2. The van der Waals surface area contributed by atoms with Crippen LogP contribution >= 0.6 is 0 Å². The van der Waals surface area contributed by atoms with E-state index in [2.05, 4.69) is 10.3 Å². The first-order valence-corrected chi connectivity index (χ1v) is 6.76. The van der Waals surface area contributed by atoms with Crippen molar-refractivity contribution >= 4 is 22.8 Å². The summed E-state index contributed by atoms with van der Waals surface area (Å²) in [6, 6.07) is 7.10. The van der Waals surface area contributed by atoms with Crippen LogP contribution in [0.4, 0.5) is 0 Å². The highest BCUT2D eigenvalue weighted by atomic mass is 16.4. The number of aliphatic carboxylic acids is 1. The Morgan fingerprint density at radius 3 is 2.90 bits per heavy atom. The van der Waals surface area contributed by atoms with Crippen LogP contribution in [0, 0.1) is 5.92 Å². The highest BCUT2D eigenvalue weighted by molar-refractivity contribution is 5.98. The van der Waals surface area contributed by atoms with E-state index in [1.165, 1.54) is 0 Å². The number of H-pyrrole nitrogens is 1. The maximum Gasteiger partial charge on any atom is 0.308 e. The number of carboxylic acids is 1. The van der Waals surface area contributed by atoms with E-state index in [0.29, 0.717) is 12.0 Å². The van der Waals surface area contributed by atoms with Crippen LogP contribution in [0.15, 0.2) is 30.5 Å². The van der Waals surface area contributed by atoms with E-state index in [0.717, 1.165) is 23.7 Å². The SMILES string of the molecule is O=C(N[C@H]1CCC[C@H]1C(=O)O)c1ccc2cc[nH]c2c1. The van der Waals surface area contributed by atoms with Gasteiger partial charge >= 0.3 is 5.97 Å². The molecule has 3 rings (SSSR count). The summed E-state index contributed by atoms with van der Waals surface area (Å²) in [5.41, 5.74) is 1.45. The summed E-state index contributed by atoms with van der Waals surface area (Å²) < 4.78 is 0. The number of amides is 1. The van der Waals surface area contributed by atoms with E-state index in [-0.39, 0.29) is 11.9 Å². The van der Waals surface area contributed by atoms with E-state index < -0.39 is 11.9 Å². The number of rotatable bonds is 3. The first-order chi connectivity index (χ1) is 9.65. The van der Waals surface area contributed by atoms with Crippen LogP contribution in [0.1, 0.15) is 29.6 Å². The van der Waals surface area contributed by atoms with Crippen LogP contribution in [0.5, 0.6) is 0 Å². The molecular weight excluding hydrogens is 256 g/mol. The van der Waals surface area contributed by atoms with E-state index in [1.807, 2.05) is 18.3 Å². The Hall–Kier alpha value is -2.30. The van der Waals surface area contributed by atoms with Crippen molar-refractivity contribution in [3.8, 4) is 0 Å². The van der Waals surface area contributed by atoms with Crippen molar-refractivity contribution in [2.75, 3.05) is 0 Å². The second-order valence-electron chi connectivity index (χ2n) is 5.24. The van der Waals surface area contributed by atoms with Crippen molar-refractivity contribution in [2.45, 2.75) is 25.3 Å². The van der Waals surface area contributed by atoms with E-state index in [4.69, 9.17) is 5.11 Å². The van der Waals surface area contributed by atoms with Gasteiger partial charge < -0.3 is 15.4 Å². The standard InChI is InChI=1S/C15H16N2O3/c18-14(17-12-3-1-2-11(12)15(19)20)10-5-4-9-6-7-16-13(9)8-10/h4-8,11-12,16H,1-3H2,(H,17,18)(H,19,20)/t11-,12+/m1/s1. The molecule has 0 radical (unpaired) electrons. The van der Waals surface area contributed by atoms with Crippen LogP contribution in [-0.2, 0) is 4.79 Å². The maximum atomic E-state index is 12.2. The van der Waals surface area contributed by atoms with Crippen molar-refractivity contribution in [1.82, 2.24) is 10.3 Å². The Kier molecular flexibility index (Phi) is 3.18. The van der Waals surface area contributed by atoms with Gasteiger partial charge in [0.1, 0.15) is 0 Å². The first-order valence-electron chi connectivity index (χ1n) is 6.76. The lowest BCUT2D eigenvalue weighted by molar-refractivity contribution is -0.142. The third kappa shape index (κ3) is 2.27. The molecule has 3 N–H and O–H groups in total. The minimum Gasteiger partial charge on any atom is -0.481 e. The Balaban J connectivity index is 1.77. The molecular formula is C15H16N2O3. The minimum absolute atomic E-state index is 0.209. The average Bonchev–Trinajstić information content (AvgIpc) is 3.05. The molecule has 1 aromatic heterocycles. The highest BCUT2D eigenvalue weighted by Crippen LogP contribution is 2.26. The zero-order valence-electron chi connectivity index (χ0n) is 10.9. The molecule has 1 aromatic carbocycles. The number of aromatic nitrogens is 1. The van der Waals surface area contributed by atoms with Gasteiger partial charge in [-0.2, -0.15) is 0 Å². The number of aromatic amines is 1. The molecule has 1 aliphatic carbocycles. The molecule has 5 nitrogen and oxygen atoms in total. The number of hydrogen-bond donors (Lipinski definition) is 3. The number of carboxylic acid groups (broad SMARTS) is 1. The molecule has 104 valence electrons. The number of hydrogen-bond acceptors (Lipinski definition) is 2. The summed E-state index contributed by atoms with van der Waals surface area (Å²) in [4.78, 5) is 26.4. The van der Waals surface area contributed by atoms with E-state index in [9.17, 15) is 9.59 Å². The fraction of sp³-hybridized carbons (Fsp3) is 0.333. The van der Waals surface area contributed by atoms with Crippen LogP contribution in [-0.4, -0.2) is 28.0 Å². The molecule has 1 saturated carbocycles. The molecule has 20 heavy (non-hydrogen) atoms. The summed E-state index contributed by atoms with van der Waals surface area (Å²) in [5.74, 6) is -1.50. The molecule has 1 fully saturated rings. The summed E-state index contributed by atoms with van der Waals surface area (Å²) in [6.45, 7) is 0. The Morgan fingerprint density at radius 1 is 1.25 bits per heavy atom. The van der Waals surface area contributed by atoms with Gasteiger partial charge in [0.15, 0.2) is 0 Å². The van der Waals surface area contributed by atoms with Crippen LogP contribution in [0.25, 0.3) is 10.9 Å². The molecule has 5 heteroatoms. The summed E-state index contributed by atoms with van der Waals surface area (Å²) >= 11 is 0. The van der Waals surface area contributed by atoms with Gasteiger partial charge in [0.25, 0.3) is 5.91 Å². The van der Waals surface area contributed by atoms with Gasteiger partial charge in [0.2, 0.25) is 0 Å². The van der Waals surface area contributed by atoms with Crippen LogP contribution in [0.3, 0.4) is 0 Å². The number of nitrogens with one attached hydrogen (secondary N) is 2. The normalized spacial score (nSPS) is 22.0. The Labute approximate surface area is 116 Å². The topological polar surface area (TPSA) is 82.2 Å². The molecule has 2 aromatic rings. The molecule has 0 unspecified atom stereocenters. The van der Waals surface area contributed by atoms with Crippen molar-refractivity contribution in [1.29, 1.82) is 0 Å². The molecule has 0 saturated heterocycles. The number of benzene rings is 1. The van der Waals surface area contributed by atoms with Crippen molar-refractivity contribution < 1.29 is 14.7 Å². The largest absolute Gasteiger partial charge is 0.481 e. The predicted molar refractivity (Wildman–Crippen MR) is 74.5 cm³/mol. The van der Waals surface area contributed by atoms with Gasteiger partial charge in [0, 0.05) is 23.3 Å². The van der Waals surface area contributed by atoms with Gasteiger partial charge in [-0.25, -0.2) is 0 Å². The summed E-state index contributed by atoms with van der Waals surface area (Å²) in [6.07, 6.45) is 4.03. The Morgan fingerprint density at radius 2 is 2.10 bits per heavy atom. The lowest BCUT2D eigenvalue weighted by Crippen LogP contribution is -2.40. The molecule has 1 aliphatic rings. The monoisotopic (exact) mass is 272 g/mol. The minimum atomic E-state index is -0.826. The van der Waals surface area contributed by atoms with Gasteiger partial charge in [-0.1, -0.05) is 12.5 Å². The fourth-order valence-electron chi connectivity index (χ4n) is 2.87. The van der Waals surface area contributed by atoms with Crippen molar-refractivity contribution in [3.63, 3.8) is 0 Å². The Bertz CT molecular complexity index is 662. The highest BCUT2D eigenvalue weighted by Gasteiger charge is 2.33. The quantitative estimate of drug-likeness (QED) is 0.800. The zero-order valence-corrected chi connectivity index (χ0v) is 10.9. The number of carbonyl (C=O) groups excluding carboxylic acids is 1. The van der Waals surface area contributed by atoms with Gasteiger partial charge in [-0.3, -0.25) is 9.59 Å². The number of carbonyl (C=O) groups is 2. The molecule has 0 spiro atoms. The van der Waals surface area contributed by atoms with Crippen LogP contribution in [0.2, 0.25) is 0 Å². The van der Waals surface area contributed by atoms with E-state index >= 15 is 0 Å². The fourth-order valence-corrected chi connectivity index (χ4v) is 2.87. The second kappa shape index (κ2) is 5.00. The summed E-state index contributed by atoms with van der Waals surface area (Å²) in [7, 11) is 0. The first kappa shape index (κ1) is 12.7.